The second-order valence-electron chi connectivity index (χ2n) is 3.77. The minimum atomic E-state index is -0.376. The van der Waals surface area contributed by atoms with Crippen molar-refractivity contribution < 1.29 is 9.13 Å². The number of pyridine rings is 1. The lowest BCUT2D eigenvalue weighted by atomic mass is 10.2. The molecule has 0 saturated heterocycles. The van der Waals surface area contributed by atoms with Crippen LogP contribution in [0, 0.1) is 5.82 Å². The maximum absolute atomic E-state index is 13.6. The lowest BCUT2D eigenvalue weighted by Gasteiger charge is -2.09. The second kappa shape index (κ2) is 5.62. The molecule has 3 N–H and O–H groups in total. The summed E-state index contributed by atoms with van der Waals surface area (Å²) >= 11 is 4.81. The Balaban J connectivity index is 2.23. The summed E-state index contributed by atoms with van der Waals surface area (Å²) in [6.45, 7) is 0. The number of thiocarbonyl (C=S) groups is 1. The first-order valence-electron chi connectivity index (χ1n) is 5.46. The molecular formula is C13H12FN3OS. The van der Waals surface area contributed by atoms with E-state index in [4.69, 9.17) is 22.7 Å². The lowest BCUT2D eigenvalue weighted by molar-refractivity contribution is 0.414. The Morgan fingerprint density at radius 3 is 2.74 bits per heavy atom. The first kappa shape index (κ1) is 13.2. The molecule has 4 nitrogen and oxygen atoms in total. The molecule has 0 fully saturated rings. The summed E-state index contributed by atoms with van der Waals surface area (Å²) in [6, 6.07) is 7.84. The predicted molar refractivity (Wildman–Crippen MR) is 76.4 cm³/mol. The van der Waals surface area contributed by atoms with E-state index in [0.717, 1.165) is 0 Å². The number of rotatable bonds is 4. The number of nitrogens with zero attached hydrogens (tertiary/aromatic N) is 1. The van der Waals surface area contributed by atoms with Crippen LogP contribution in [0.25, 0.3) is 0 Å². The van der Waals surface area contributed by atoms with Crippen molar-refractivity contribution in [1.29, 1.82) is 0 Å². The van der Waals surface area contributed by atoms with Gasteiger partial charge >= 0.3 is 0 Å². The Kier molecular flexibility index (Phi) is 3.91. The van der Waals surface area contributed by atoms with Crippen LogP contribution in [0.1, 0.15) is 5.69 Å². The Morgan fingerprint density at radius 1 is 1.37 bits per heavy atom. The van der Waals surface area contributed by atoms with Crippen LogP contribution in [0.15, 0.2) is 36.5 Å². The van der Waals surface area contributed by atoms with Crippen molar-refractivity contribution in [3.8, 4) is 5.75 Å². The fourth-order valence-electron chi connectivity index (χ4n) is 1.50. The highest BCUT2D eigenvalue weighted by Gasteiger charge is 2.05. The molecule has 0 aliphatic heterocycles. The molecule has 0 atom stereocenters. The smallest absolute Gasteiger partial charge is 0.146 e. The summed E-state index contributed by atoms with van der Waals surface area (Å²) in [7, 11) is 1.52. The third-order valence-corrected chi connectivity index (χ3v) is 2.68. The van der Waals surface area contributed by atoms with E-state index in [1.807, 2.05) is 0 Å². The average molecular weight is 277 g/mol. The van der Waals surface area contributed by atoms with E-state index in [0.29, 0.717) is 22.8 Å². The Morgan fingerprint density at radius 2 is 2.16 bits per heavy atom. The second-order valence-corrected chi connectivity index (χ2v) is 4.21. The lowest BCUT2D eigenvalue weighted by Crippen LogP contribution is -2.11. The highest BCUT2D eigenvalue weighted by Crippen LogP contribution is 2.24. The van der Waals surface area contributed by atoms with Gasteiger partial charge < -0.3 is 15.8 Å². The monoisotopic (exact) mass is 277 g/mol. The molecule has 1 aromatic heterocycles. The summed E-state index contributed by atoms with van der Waals surface area (Å²) in [5.74, 6) is 0.191. The number of hydrogen-bond acceptors (Lipinski definition) is 4. The van der Waals surface area contributed by atoms with Gasteiger partial charge in [-0.2, -0.15) is 0 Å². The minimum Gasteiger partial charge on any atom is -0.497 e. The van der Waals surface area contributed by atoms with Crippen LogP contribution in [0.4, 0.5) is 15.8 Å². The maximum Gasteiger partial charge on any atom is 0.146 e. The number of halogens is 1. The van der Waals surface area contributed by atoms with Gasteiger partial charge in [-0.25, -0.2) is 4.39 Å². The standard InChI is InChI=1S/C13H12FN3OS/c1-18-9-3-4-10(14)12(6-9)17-8-2-5-11(13(15)19)16-7-8/h2-7,17H,1H3,(H2,15,19). The largest absolute Gasteiger partial charge is 0.497 e. The van der Waals surface area contributed by atoms with E-state index < -0.39 is 0 Å². The third-order valence-electron chi connectivity index (χ3n) is 2.47. The molecule has 0 saturated carbocycles. The Labute approximate surface area is 115 Å². The van der Waals surface area contributed by atoms with Crippen molar-refractivity contribution in [3.63, 3.8) is 0 Å². The number of anilines is 2. The first-order valence-corrected chi connectivity index (χ1v) is 5.87. The van der Waals surface area contributed by atoms with Crippen molar-refractivity contribution in [3.05, 3.63) is 48.0 Å². The third kappa shape index (κ3) is 3.17. The van der Waals surface area contributed by atoms with Crippen molar-refractivity contribution in [2.24, 2.45) is 5.73 Å². The first-order chi connectivity index (χ1) is 9.10. The average Bonchev–Trinajstić information content (AvgIpc) is 2.42. The molecule has 0 aliphatic rings. The minimum absolute atomic E-state index is 0.221. The summed E-state index contributed by atoms with van der Waals surface area (Å²) in [4.78, 5) is 4.29. The van der Waals surface area contributed by atoms with Crippen molar-refractivity contribution in [1.82, 2.24) is 4.98 Å². The topological polar surface area (TPSA) is 60.2 Å². The maximum atomic E-state index is 13.6. The number of methoxy groups -OCH3 is 1. The molecule has 0 radical (unpaired) electrons. The van der Waals surface area contributed by atoms with Gasteiger partial charge in [0, 0.05) is 6.07 Å². The molecule has 2 rings (SSSR count). The quantitative estimate of drug-likeness (QED) is 0.841. The van der Waals surface area contributed by atoms with Crippen LogP contribution in [0.5, 0.6) is 5.75 Å². The van der Waals surface area contributed by atoms with Gasteiger partial charge in [0.1, 0.15) is 16.6 Å². The van der Waals surface area contributed by atoms with Crippen LogP contribution >= 0.6 is 12.2 Å². The van der Waals surface area contributed by atoms with Crippen LogP contribution in [0.3, 0.4) is 0 Å². The van der Waals surface area contributed by atoms with Gasteiger partial charge in [0.15, 0.2) is 0 Å². The highest BCUT2D eigenvalue weighted by atomic mass is 32.1. The van der Waals surface area contributed by atoms with Gasteiger partial charge in [-0.05, 0) is 24.3 Å². The van der Waals surface area contributed by atoms with E-state index in [1.54, 1.807) is 24.3 Å². The molecule has 0 aliphatic carbocycles. The van der Waals surface area contributed by atoms with Gasteiger partial charge in [-0.15, -0.1) is 0 Å². The zero-order valence-corrected chi connectivity index (χ0v) is 11.0. The van der Waals surface area contributed by atoms with Gasteiger partial charge in [-0.3, -0.25) is 4.98 Å². The zero-order chi connectivity index (χ0) is 13.8. The molecular weight excluding hydrogens is 265 g/mol. The van der Waals surface area contributed by atoms with Crippen LogP contribution in [0.2, 0.25) is 0 Å². The molecule has 0 unspecified atom stereocenters. The molecule has 1 heterocycles. The molecule has 2 aromatic rings. The summed E-state index contributed by atoms with van der Waals surface area (Å²) in [5, 5.41) is 2.91. The fourth-order valence-corrected chi connectivity index (χ4v) is 1.62. The normalized spacial score (nSPS) is 10.0. The van der Waals surface area contributed by atoms with E-state index >= 15 is 0 Å². The molecule has 98 valence electrons. The molecule has 6 heteroatoms. The number of hydrogen-bond donors (Lipinski definition) is 2. The summed E-state index contributed by atoms with van der Waals surface area (Å²) in [6.07, 6.45) is 1.54. The van der Waals surface area contributed by atoms with Gasteiger partial charge in [0.2, 0.25) is 0 Å². The Hall–Kier alpha value is -2.21. The van der Waals surface area contributed by atoms with Gasteiger partial charge in [0.25, 0.3) is 0 Å². The number of nitrogens with two attached hydrogens (primary N) is 1. The Bertz CT molecular complexity index is 601. The summed E-state index contributed by atoms with van der Waals surface area (Å²) < 4.78 is 18.7. The molecule has 0 spiro atoms. The van der Waals surface area contributed by atoms with Crippen LogP contribution in [-0.4, -0.2) is 17.1 Å². The van der Waals surface area contributed by atoms with Crippen molar-refractivity contribution >= 4 is 28.6 Å². The highest BCUT2D eigenvalue weighted by molar-refractivity contribution is 7.80. The molecule has 0 bridgehead atoms. The number of benzene rings is 1. The number of nitrogens with one attached hydrogen (secondary N) is 1. The summed E-state index contributed by atoms with van der Waals surface area (Å²) in [5.41, 5.74) is 6.91. The van der Waals surface area contributed by atoms with E-state index in [1.165, 1.54) is 19.4 Å². The zero-order valence-electron chi connectivity index (χ0n) is 10.2. The van der Waals surface area contributed by atoms with Crippen LogP contribution in [-0.2, 0) is 0 Å². The van der Waals surface area contributed by atoms with E-state index in [-0.39, 0.29) is 10.8 Å². The molecule has 0 amide bonds. The molecule has 19 heavy (non-hydrogen) atoms. The number of ether oxygens (including phenoxy) is 1. The number of aromatic nitrogens is 1. The van der Waals surface area contributed by atoms with E-state index in [2.05, 4.69) is 10.3 Å². The predicted octanol–water partition coefficient (Wildman–Crippen LogP) is 2.61. The van der Waals surface area contributed by atoms with Crippen molar-refractivity contribution in [2.75, 3.05) is 12.4 Å². The van der Waals surface area contributed by atoms with Crippen molar-refractivity contribution in [2.45, 2.75) is 0 Å². The van der Waals surface area contributed by atoms with Gasteiger partial charge in [0.05, 0.1) is 30.4 Å². The SMILES string of the molecule is COc1ccc(F)c(Nc2ccc(C(N)=S)nc2)c1. The molecule has 1 aromatic carbocycles. The van der Waals surface area contributed by atoms with E-state index in [9.17, 15) is 4.39 Å². The van der Waals surface area contributed by atoms with Crippen LogP contribution < -0.4 is 15.8 Å². The fraction of sp³-hybridized carbons (Fsp3) is 0.0769. The van der Waals surface area contributed by atoms with Gasteiger partial charge in [-0.1, -0.05) is 12.2 Å².